The second-order valence-corrected chi connectivity index (χ2v) is 7.40. The van der Waals surface area contributed by atoms with Crippen LogP contribution in [0.25, 0.3) is 0 Å². The number of fused-ring (bicyclic) bond motifs is 1. The van der Waals surface area contributed by atoms with E-state index in [-0.39, 0.29) is 11.9 Å². The standard InChI is InChI=1S/C20H23N3O2S/c1-22(2)19(24)15-5-4-6-17(11-15)21-20(25)23-10-9-14-12-18(26-3)8-7-16(14)13-23/h4-8,11-12H,9-10,13H2,1-3H3,(H,21,25). The number of thioether (sulfide) groups is 1. The fourth-order valence-electron chi connectivity index (χ4n) is 3.02. The Hall–Kier alpha value is -2.47. The Morgan fingerprint density at radius 2 is 1.92 bits per heavy atom. The lowest BCUT2D eigenvalue weighted by molar-refractivity contribution is 0.0827. The molecule has 3 amide bonds. The highest BCUT2D eigenvalue weighted by molar-refractivity contribution is 7.98. The maximum atomic E-state index is 12.6. The van der Waals surface area contributed by atoms with Gasteiger partial charge in [0, 0.05) is 43.3 Å². The minimum atomic E-state index is -0.140. The van der Waals surface area contributed by atoms with E-state index in [1.807, 2.05) is 4.90 Å². The predicted molar refractivity (Wildman–Crippen MR) is 106 cm³/mol. The van der Waals surface area contributed by atoms with Gasteiger partial charge in [-0.2, -0.15) is 0 Å². The molecule has 1 aliphatic rings. The first-order valence-electron chi connectivity index (χ1n) is 8.51. The van der Waals surface area contributed by atoms with E-state index < -0.39 is 0 Å². The number of benzene rings is 2. The summed E-state index contributed by atoms with van der Waals surface area (Å²) in [4.78, 5) is 29.3. The molecule has 3 rings (SSSR count). The molecule has 0 aliphatic carbocycles. The highest BCUT2D eigenvalue weighted by atomic mass is 32.2. The summed E-state index contributed by atoms with van der Waals surface area (Å²) >= 11 is 1.73. The van der Waals surface area contributed by atoms with Crippen LogP contribution in [0.2, 0.25) is 0 Å². The number of anilines is 1. The van der Waals surface area contributed by atoms with Crippen LogP contribution in [0.4, 0.5) is 10.5 Å². The van der Waals surface area contributed by atoms with E-state index in [0.29, 0.717) is 24.3 Å². The van der Waals surface area contributed by atoms with Gasteiger partial charge in [0.25, 0.3) is 5.91 Å². The third-order valence-corrected chi connectivity index (χ3v) is 5.21. The number of amides is 3. The van der Waals surface area contributed by atoms with Crippen molar-refractivity contribution >= 4 is 29.4 Å². The zero-order chi connectivity index (χ0) is 18.7. The smallest absolute Gasteiger partial charge is 0.322 e. The van der Waals surface area contributed by atoms with Gasteiger partial charge in [0.05, 0.1) is 0 Å². The number of rotatable bonds is 3. The summed E-state index contributed by atoms with van der Waals surface area (Å²) in [6.07, 6.45) is 2.93. The van der Waals surface area contributed by atoms with Crippen LogP contribution in [-0.4, -0.2) is 48.6 Å². The van der Waals surface area contributed by atoms with Crippen molar-refractivity contribution in [2.24, 2.45) is 0 Å². The Morgan fingerprint density at radius 1 is 1.12 bits per heavy atom. The Balaban J connectivity index is 1.69. The fourth-order valence-corrected chi connectivity index (χ4v) is 3.48. The zero-order valence-corrected chi connectivity index (χ0v) is 16.1. The van der Waals surface area contributed by atoms with Crippen LogP contribution in [-0.2, 0) is 13.0 Å². The van der Waals surface area contributed by atoms with E-state index in [9.17, 15) is 9.59 Å². The molecule has 0 radical (unpaired) electrons. The molecule has 1 aliphatic heterocycles. The highest BCUT2D eigenvalue weighted by Crippen LogP contribution is 2.25. The quantitative estimate of drug-likeness (QED) is 0.840. The number of urea groups is 1. The number of hydrogen-bond acceptors (Lipinski definition) is 3. The maximum Gasteiger partial charge on any atom is 0.322 e. The molecule has 0 unspecified atom stereocenters. The topological polar surface area (TPSA) is 52.7 Å². The van der Waals surface area contributed by atoms with Crippen LogP contribution < -0.4 is 5.32 Å². The van der Waals surface area contributed by atoms with Gasteiger partial charge in [0.15, 0.2) is 0 Å². The van der Waals surface area contributed by atoms with Crippen molar-refractivity contribution in [3.63, 3.8) is 0 Å². The van der Waals surface area contributed by atoms with Gasteiger partial charge in [0.2, 0.25) is 0 Å². The number of nitrogens with one attached hydrogen (secondary N) is 1. The first kappa shape index (κ1) is 18.3. The Labute approximate surface area is 158 Å². The van der Waals surface area contributed by atoms with E-state index in [1.165, 1.54) is 20.9 Å². The van der Waals surface area contributed by atoms with Gasteiger partial charge >= 0.3 is 6.03 Å². The first-order valence-corrected chi connectivity index (χ1v) is 9.74. The second-order valence-electron chi connectivity index (χ2n) is 6.52. The van der Waals surface area contributed by atoms with Gasteiger partial charge < -0.3 is 15.1 Å². The van der Waals surface area contributed by atoms with E-state index in [4.69, 9.17) is 0 Å². The summed E-state index contributed by atoms with van der Waals surface area (Å²) in [5.74, 6) is -0.0856. The second kappa shape index (κ2) is 7.83. The minimum Gasteiger partial charge on any atom is -0.345 e. The molecule has 26 heavy (non-hydrogen) atoms. The van der Waals surface area contributed by atoms with Crippen molar-refractivity contribution in [3.05, 3.63) is 59.2 Å². The largest absolute Gasteiger partial charge is 0.345 e. The first-order chi connectivity index (χ1) is 12.5. The van der Waals surface area contributed by atoms with Crippen molar-refractivity contribution in [2.75, 3.05) is 32.2 Å². The normalized spacial score (nSPS) is 13.1. The summed E-state index contributed by atoms with van der Waals surface area (Å²) in [5, 5.41) is 2.91. The van der Waals surface area contributed by atoms with Crippen molar-refractivity contribution in [1.82, 2.24) is 9.80 Å². The molecular formula is C20H23N3O2S. The van der Waals surface area contributed by atoms with Crippen molar-refractivity contribution in [3.8, 4) is 0 Å². The Bertz CT molecular complexity index is 836. The Morgan fingerprint density at radius 3 is 2.65 bits per heavy atom. The van der Waals surface area contributed by atoms with Gasteiger partial charge in [-0.05, 0) is 54.1 Å². The summed E-state index contributed by atoms with van der Waals surface area (Å²) < 4.78 is 0. The predicted octanol–water partition coefficient (Wildman–Crippen LogP) is 3.70. The summed E-state index contributed by atoms with van der Waals surface area (Å²) in [7, 11) is 3.42. The Kier molecular flexibility index (Phi) is 5.52. The van der Waals surface area contributed by atoms with Crippen LogP contribution in [0.15, 0.2) is 47.4 Å². The van der Waals surface area contributed by atoms with Gasteiger partial charge in [-0.25, -0.2) is 4.79 Å². The van der Waals surface area contributed by atoms with Gasteiger partial charge in [-0.3, -0.25) is 4.79 Å². The van der Waals surface area contributed by atoms with E-state index >= 15 is 0 Å². The van der Waals surface area contributed by atoms with Crippen LogP contribution in [0.1, 0.15) is 21.5 Å². The molecule has 0 saturated carbocycles. The number of carbonyl (C=O) groups is 2. The lowest BCUT2D eigenvalue weighted by Crippen LogP contribution is -2.38. The summed E-state index contributed by atoms with van der Waals surface area (Å²) in [5.41, 5.74) is 3.70. The number of nitrogens with zero attached hydrogens (tertiary/aromatic N) is 2. The monoisotopic (exact) mass is 369 g/mol. The molecule has 0 aromatic heterocycles. The molecule has 6 heteroatoms. The van der Waals surface area contributed by atoms with E-state index in [0.717, 1.165) is 6.42 Å². The summed E-state index contributed by atoms with van der Waals surface area (Å²) in [6.45, 7) is 1.29. The third kappa shape index (κ3) is 4.02. The molecule has 2 aromatic carbocycles. The lowest BCUT2D eigenvalue weighted by atomic mass is 10.0. The lowest BCUT2D eigenvalue weighted by Gasteiger charge is -2.29. The van der Waals surface area contributed by atoms with Crippen LogP contribution in [0, 0.1) is 0 Å². The molecule has 0 spiro atoms. The molecule has 0 bridgehead atoms. The van der Waals surface area contributed by atoms with Crippen LogP contribution in [0.5, 0.6) is 0 Å². The maximum absolute atomic E-state index is 12.6. The fraction of sp³-hybridized carbons (Fsp3) is 0.300. The van der Waals surface area contributed by atoms with Gasteiger partial charge in [-0.1, -0.05) is 12.1 Å². The average Bonchev–Trinajstić information content (AvgIpc) is 2.66. The van der Waals surface area contributed by atoms with Crippen molar-refractivity contribution in [1.29, 1.82) is 0 Å². The van der Waals surface area contributed by atoms with E-state index in [1.54, 1.807) is 50.1 Å². The molecule has 0 fully saturated rings. The van der Waals surface area contributed by atoms with Crippen LogP contribution >= 0.6 is 11.8 Å². The minimum absolute atomic E-state index is 0.0856. The molecule has 0 saturated heterocycles. The zero-order valence-electron chi connectivity index (χ0n) is 15.3. The molecule has 2 aromatic rings. The molecule has 1 heterocycles. The van der Waals surface area contributed by atoms with Crippen molar-refractivity contribution in [2.45, 2.75) is 17.9 Å². The van der Waals surface area contributed by atoms with Crippen molar-refractivity contribution < 1.29 is 9.59 Å². The van der Waals surface area contributed by atoms with Gasteiger partial charge in [-0.15, -0.1) is 11.8 Å². The molecular weight excluding hydrogens is 346 g/mol. The summed E-state index contributed by atoms with van der Waals surface area (Å²) in [6, 6.07) is 13.3. The van der Waals surface area contributed by atoms with Crippen LogP contribution in [0.3, 0.4) is 0 Å². The van der Waals surface area contributed by atoms with Gasteiger partial charge in [0.1, 0.15) is 0 Å². The molecule has 0 atom stereocenters. The molecule has 1 N–H and O–H groups in total. The van der Waals surface area contributed by atoms with E-state index in [2.05, 4.69) is 29.8 Å². The molecule has 136 valence electrons. The third-order valence-electron chi connectivity index (χ3n) is 4.48. The molecule has 5 nitrogen and oxygen atoms in total. The average molecular weight is 369 g/mol. The highest BCUT2D eigenvalue weighted by Gasteiger charge is 2.21. The number of carbonyl (C=O) groups excluding carboxylic acids is 2. The number of hydrogen-bond donors (Lipinski definition) is 1. The SMILES string of the molecule is CSc1ccc2c(c1)CCN(C(=O)Nc1cccc(C(=O)N(C)C)c1)C2.